The summed E-state index contributed by atoms with van der Waals surface area (Å²) >= 11 is 1.58. The summed E-state index contributed by atoms with van der Waals surface area (Å²) in [6.45, 7) is 2.06. The van der Waals surface area contributed by atoms with E-state index in [2.05, 4.69) is 30.9 Å². The van der Waals surface area contributed by atoms with Gasteiger partial charge in [-0.05, 0) is 31.2 Å². The highest BCUT2D eigenvalue weighted by Crippen LogP contribution is 2.18. The molecule has 0 saturated carbocycles. The number of thiophene rings is 1. The van der Waals surface area contributed by atoms with Crippen LogP contribution in [-0.2, 0) is 6.42 Å². The molecule has 0 saturated heterocycles. The molecule has 112 valence electrons. The SMILES string of the molecule is Cc1ccc(C#Cc2ccc(CC(=O)c3ccccc3)s2)cc1. The zero-order valence-electron chi connectivity index (χ0n) is 12.9. The van der Waals surface area contributed by atoms with Crippen LogP contribution in [0.4, 0.5) is 0 Å². The van der Waals surface area contributed by atoms with Gasteiger partial charge in [-0.25, -0.2) is 0 Å². The van der Waals surface area contributed by atoms with Crippen LogP contribution >= 0.6 is 11.3 Å². The van der Waals surface area contributed by atoms with E-state index in [1.54, 1.807) is 11.3 Å². The number of Topliss-reactive ketones (excluding diaryl/α,β-unsaturated/α-hetero) is 1. The molecule has 0 fully saturated rings. The van der Waals surface area contributed by atoms with Gasteiger partial charge in [0.25, 0.3) is 0 Å². The third-order valence-electron chi connectivity index (χ3n) is 3.47. The summed E-state index contributed by atoms with van der Waals surface area (Å²) < 4.78 is 0. The van der Waals surface area contributed by atoms with Gasteiger partial charge in [0.2, 0.25) is 0 Å². The van der Waals surface area contributed by atoms with E-state index in [9.17, 15) is 4.79 Å². The topological polar surface area (TPSA) is 17.1 Å². The van der Waals surface area contributed by atoms with Crippen LogP contribution in [0.2, 0.25) is 0 Å². The molecule has 0 radical (unpaired) electrons. The number of carbonyl (C=O) groups excluding carboxylic acids is 1. The molecule has 0 aliphatic rings. The van der Waals surface area contributed by atoms with E-state index in [4.69, 9.17) is 0 Å². The summed E-state index contributed by atoms with van der Waals surface area (Å²) in [5, 5.41) is 0. The predicted molar refractivity (Wildman–Crippen MR) is 96.0 cm³/mol. The smallest absolute Gasteiger partial charge is 0.168 e. The van der Waals surface area contributed by atoms with Gasteiger partial charge in [0.15, 0.2) is 5.78 Å². The summed E-state index contributed by atoms with van der Waals surface area (Å²) in [4.78, 5) is 14.2. The first-order valence-corrected chi connectivity index (χ1v) is 8.28. The van der Waals surface area contributed by atoms with Crippen molar-refractivity contribution in [2.24, 2.45) is 0 Å². The van der Waals surface area contributed by atoms with E-state index >= 15 is 0 Å². The molecule has 0 unspecified atom stereocenters. The first-order valence-electron chi connectivity index (χ1n) is 7.46. The summed E-state index contributed by atoms with van der Waals surface area (Å²) in [6, 6.07) is 21.5. The highest BCUT2D eigenvalue weighted by molar-refractivity contribution is 7.12. The molecule has 1 heterocycles. The molecule has 0 atom stereocenters. The maximum Gasteiger partial charge on any atom is 0.168 e. The van der Waals surface area contributed by atoms with Crippen LogP contribution in [0.15, 0.2) is 66.7 Å². The largest absolute Gasteiger partial charge is 0.294 e. The Kier molecular flexibility index (Phi) is 4.71. The van der Waals surface area contributed by atoms with Crippen molar-refractivity contribution in [3.63, 3.8) is 0 Å². The lowest BCUT2D eigenvalue weighted by atomic mass is 10.1. The zero-order valence-corrected chi connectivity index (χ0v) is 13.7. The monoisotopic (exact) mass is 316 g/mol. The van der Waals surface area contributed by atoms with E-state index in [0.717, 1.165) is 20.9 Å². The number of hydrogen-bond donors (Lipinski definition) is 0. The second-order valence-electron chi connectivity index (χ2n) is 5.35. The van der Waals surface area contributed by atoms with Crippen molar-refractivity contribution in [3.8, 4) is 11.8 Å². The lowest BCUT2D eigenvalue weighted by Gasteiger charge is -1.97. The van der Waals surface area contributed by atoms with Crippen molar-refractivity contribution in [1.29, 1.82) is 0 Å². The van der Waals surface area contributed by atoms with Crippen molar-refractivity contribution in [1.82, 2.24) is 0 Å². The molecule has 0 amide bonds. The van der Waals surface area contributed by atoms with Gasteiger partial charge in [0, 0.05) is 22.4 Å². The maximum atomic E-state index is 12.2. The van der Waals surface area contributed by atoms with Crippen LogP contribution in [0.1, 0.15) is 31.2 Å². The van der Waals surface area contributed by atoms with Crippen LogP contribution in [0, 0.1) is 18.8 Å². The number of rotatable bonds is 3. The molecule has 23 heavy (non-hydrogen) atoms. The number of carbonyl (C=O) groups is 1. The highest BCUT2D eigenvalue weighted by Gasteiger charge is 2.08. The fourth-order valence-electron chi connectivity index (χ4n) is 2.20. The standard InChI is InChI=1S/C21H16OS/c1-16-7-9-17(10-8-16)11-12-19-13-14-20(23-19)15-21(22)18-5-3-2-4-6-18/h2-10,13-14H,15H2,1H3. The molecule has 1 aromatic heterocycles. The van der Waals surface area contributed by atoms with Crippen molar-refractivity contribution >= 4 is 17.1 Å². The van der Waals surface area contributed by atoms with E-state index in [1.807, 2.05) is 54.6 Å². The van der Waals surface area contributed by atoms with Crippen molar-refractivity contribution in [2.75, 3.05) is 0 Å². The first kappa shape index (κ1) is 15.3. The van der Waals surface area contributed by atoms with Crippen LogP contribution in [0.25, 0.3) is 0 Å². The number of ketones is 1. The van der Waals surface area contributed by atoms with E-state index < -0.39 is 0 Å². The van der Waals surface area contributed by atoms with Crippen LogP contribution in [-0.4, -0.2) is 5.78 Å². The summed E-state index contributed by atoms with van der Waals surface area (Å²) in [5.74, 6) is 6.48. The Morgan fingerprint density at radius 3 is 2.39 bits per heavy atom. The molecule has 0 aliphatic carbocycles. The summed E-state index contributed by atoms with van der Waals surface area (Å²) in [6.07, 6.45) is 0.431. The Bertz CT molecular complexity index is 861. The Balaban J connectivity index is 1.69. The van der Waals surface area contributed by atoms with Gasteiger partial charge in [-0.1, -0.05) is 59.9 Å². The Morgan fingerprint density at radius 1 is 0.913 bits per heavy atom. The van der Waals surface area contributed by atoms with Crippen LogP contribution in [0.3, 0.4) is 0 Å². The Labute approximate surface area is 140 Å². The van der Waals surface area contributed by atoms with E-state index in [-0.39, 0.29) is 5.78 Å². The van der Waals surface area contributed by atoms with Gasteiger partial charge in [-0.15, -0.1) is 11.3 Å². The van der Waals surface area contributed by atoms with E-state index in [1.165, 1.54) is 5.56 Å². The maximum absolute atomic E-state index is 12.2. The normalized spacial score (nSPS) is 9.96. The van der Waals surface area contributed by atoms with Gasteiger partial charge in [-0.2, -0.15) is 0 Å². The van der Waals surface area contributed by atoms with Crippen molar-refractivity contribution in [3.05, 3.63) is 93.2 Å². The van der Waals surface area contributed by atoms with Gasteiger partial charge < -0.3 is 0 Å². The molecule has 2 aromatic carbocycles. The molecule has 3 rings (SSSR count). The number of benzene rings is 2. The molecule has 2 heteroatoms. The molecule has 0 aliphatic heterocycles. The summed E-state index contributed by atoms with van der Waals surface area (Å²) in [7, 11) is 0. The zero-order chi connectivity index (χ0) is 16.1. The van der Waals surface area contributed by atoms with Crippen LogP contribution in [0.5, 0.6) is 0 Å². The van der Waals surface area contributed by atoms with Gasteiger partial charge >= 0.3 is 0 Å². The third-order valence-corrected chi connectivity index (χ3v) is 4.47. The fraction of sp³-hybridized carbons (Fsp3) is 0.0952. The lowest BCUT2D eigenvalue weighted by Crippen LogP contribution is -2.01. The average Bonchev–Trinajstić information content (AvgIpc) is 3.02. The molecule has 1 nitrogen and oxygen atoms in total. The Hall–Kier alpha value is -2.63. The first-order chi connectivity index (χ1) is 11.2. The van der Waals surface area contributed by atoms with Gasteiger partial charge in [-0.3, -0.25) is 4.79 Å². The van der Waals surface area contributed by atoms with Crippen molar-refractivity contribution in [2.45, 2.75) is 13.3 Å². The molecular weight excluding hydrogens is 300 g/mol. The molecule has 0 N–H and O–H groups in total. The molecule has 0 spiro atoms. The second kappa shape index (κ2) is 7.09. The minimum absolute atomic E-state index is 0.144. The third kappa shape index (κ3) is 4.18. The van der Waals surface area contributed by atoms with Crippen LogP contribution < -0.4 is 0 Å². The molecule has 0 bridgehead atoms. The summed E-state index contributed by atoms with van der Waals surface area (Å²) in [5.41, 5.74) is 2.99. The average molecular weight is 316 g/mol. The number of hydrogen-bond acceptors (Lipinski definition) is 2. The quantitative estimate of drug-likeness (QED) is 0.497. The fourth-order valence-corrected chi connectivity index (χ4v) is 3.06. The lowest BCUT2D eigenvalue weighted by molar-refractivity contribution is 0.0994. The Morgan fingerprint density at radius 2 is 1.65 bits per heavy atom. The predicted octanol–water partition coefficient (Wildman–Crippen LogP) is 4.88. The molecular formula is C21H16OS. The number of aryl methyl sites for hydroxylation is 1. The van der Waals surface area contributed by atoms with E-state index in [0.29, 0.717) is 6.42 Å². The van der Waals surface area contributed by atoms with Crippen molar-refractivity contribution < 1.29 is 4.79 Å². The minimum Gasteiger partial charge on any atom is -0.294 e. The molecule has 3 aromatic rings. The minimum atomic E-state index is 0.144. The highest BCUT2D eigenvalue weighted by atomic mass is 32.1. The second-order valence-corrected chi connectivity index (χ2v) is 6.52. The van der Waals surface area contributed by atoms with Gasteiger partial charge in [0.1, 0.15) is 0 Å². The van der Waals surface area contributed by atoms with Gasteiger partial charge in [0.05, 0.1) is 4.88 Å².